The van der Waals surface area contributed by atoms with E-state index in [1.54, 1.807) is 0 Å². The molecule has 0 bridgehead atoms. The molecule has 34 heavy (non-hydrogen) atoms. The molecule has 0 radical (unpaired) electrons. The van der Waals surface area contributed by atoms with Gasteiger partial charge in [0.25, 0.3) is 0 Å². The lowest BCUT2D eigenvalue weighted by atomic mass is 10.0. The van der Waals surface area contributed by atoms with Gasteiger partial charge < -0.3 is 15.4 Å². The van der Waals surface area contributed by atoms with Crippen LogP contribution in [0, 0.1) is 0 Å². The number of Topliss-reactive ketones (excluding diaryl/α,β-unsaturated/α-hetero) is 1. The molecule has 6 heteroatoms. The molecule has 6 nitrogen and oxygen atoms in total. The Morgan fingerprint density at radius 3 is 2.53 bits per heavy atom. The third-order valence-corrected chi connectivity index (χ3v) is 6.13. The van der Waals surface area contributed by atoms with E-state index in [4.69, 9.17) is 4.74 Å². The molecular weight excluding hydrogens is 426 g/mol. The lowest BCUT2D eigenvalue weighted by Gasteiger charge is -2.32. The summed E-state index contributed by atoms with van der Waals surface area (Å²) in [4.78, 5) is 26.8. The fraction of sp³-hybridized carbons (Fsp3) is 0.500. The van der Waals surface area contributed by atoms with E-state index in [2.05, 4.69) is 29.4 Å². The lowest BCUT2D eigenvalue weighted by molar-refractivity contribution is -0.122. The van der Waals surface area contributed by atoms with Gasteiger partial charge in [-0.3, -0.25) is 14.5 Å². The molecule has 0 spiro atoms. The van der Waals surface area contributed by atoms with Crippen molar-refractivity contribution in [3.05, 3.63) is 54.1 Å². The number of ether oxygens (including phenoxy) is 1. The number of piperidine rings is 1. The molecule has 1 aliphatic heterocycles. The molecule has 1 fully saturated rings. The molecule has 2 aromatic carbocycles. The fourth-order valence-electron chi connectivity index (χ4n) is 4.35. The first-order valence-electron chi connectivity index (χ1n) is 12.6. The SMILES string of the molecule is CCC(=O)c1ccc(-c2ccccc2)c(OCCCNC(=O)CN2CCC(NC(C)C)CC2)c1.[HH].[HH]. The molecule has 0 aliphatic carbocycles. The average molecular weight is 470 g/mol. The number of ketones is 1. The number of benzene rings is 2. The summed E-state index contributed by atoms with van der Waals surface area (Å²) >= 11 is 0. The number of likely N-dealkylation sites (tertiary alicyclic amines) is 1. The summed E-state index contributed by atoms with van der Waals surface area (Å²) in [5.74, 6) is 0.867. The predicted octanol–water partition coefficient (Wildman–Crippen LogP) is 4.79. The largest absolute Gasteiger partial charge is 0.493 e. The number of amides is 1. The van der Waals surface area contributed by atoms with Crippen LogP contribution in [0.1, 0.15) is 59.7 Å². The van der Waals surface area contributed by atoms with Gasteiger partial charge in [0, 0.05) is 52.1 Å². The van der Waals surface area contributed by atoms with Crippen molar-refractivity contribution in [2.24, 2.45) is 0 Å². The van der Waals surface area contributed by atoms with E-state index in [1.807, 2.05) is 55.5 Å². The third-order valence-electron chi connectivity index (χ3n) is 6.13. The zero-order valence-electron chi connectivity index (χ0n) is 20.8. The van der Waals surface area contributed by atoms with Crippen LogP contribution in [-0.2, 0) is 4.79 Å². The van der Waals surface area contributed by atoms with Crippen molar-refractivity contribution in [3.63, 3.8) is 0 Å². The number of nitrogens with one attached hydrogen (secondary N) is 2. The standard InChI is InChI=1S/C28H39N3O3.2H2/c1-4-26(32)23-11-12-25(22-9-6-5-7-10-22)27(19-23)34-18-8-15-29-28(33)20-31-16-13-24(14-17-31)30-21(2)3;;/h5-7,9-12,19,21,24,30H,4,8,13-18,20H2,1-3H3,(H,29,33);2*1H. The minimum atomic E-state index is 0. The van der Waals surface area contributed by atoms with Crippen molar-refractivity contribution in [3.8, 4) is 16.9 Å². The van der Waals surface area contributed by atoms with Gasteiger partial charge >= 0.3 is 0 Å². The van der Waals surface area contributed by atoms with E-state index in [0.29, 0.717) is 55.9 Å². The zero-order valence-corrected chi connectivity index (χ0v) is 20.8. The second kappa shape index (κ2) is 13.3. The van der Waals surface area contributed by atoms with Crippen molar-refractivity contribution in [2.75, 3.05) is 32.8 Å². The molecule has 0 atom stereocenters. The van der Waals surface area contributed by atoms with Gasteiger partial charge in [0.15, 0.2) is 5.78 Å². The van der Waals surface area contributed by atoms with Crippen molar-refractivity contribution >= 4 is 11.7 Å². The Kier molecular flexibility index (Phi) is 10.1. The van der Waals surface area contributed by atoms with Gasteiger partial charge in [-0.1, -0.05) is 57.2 Å². The molecule has 0 unspecified atom stereocenters. The maximum atomic E-state index is 12.3. The van der Waals surface area contributed by atoms with Crippen LogP contribution in [0.3, 0.4) is 0 Å². The van der Waals surface area contributed by atoms with Crippen LogP contribution in [0.25, 0.3) is 11.1 Å². The Morgan fingerprint density at radius 1 is 1.12 bits per heavy atom. The Morgan fingerprint density at radius 2 is 1.85 bits per heavy atom. The molecule has 3 rings (SSSR count). The van der Waals surface area contributed by atoms with Crippen molar-refractivity contribution in [2.45, 2.75) is 58.5 Å². The average Bonchev–Trinajstić information content (AvgIpc) is 2.84. The van der Waals surface area contributed by atoms with Crippen LogP contribution >= 0.6 is 0 Å². The van der Waals surface area contributed by atoms with E-state index in [1.165, 1.54) is 0 Å². The first-order chi connectivity index (χ1) is 16.5. The van der Waals surface area contributed by atoms with Crippen LogP contribution in [-0.4, -0.2) is 61.5 Å². The maximum absolute atomic E-state index is 12.3. The first kappa shape index (κ1) is 25.9. The maximum Gasteiger partial charge on any atom is 0.234 e. The Bertz CT molecular complexity index is 933. The van der Waals surface area contributed by atoms with Crippen molar-refractivity contribution in [1.29, 1.82) is 0 Å². The van der Waals surface area contributed by atoms with Crippen LogP contribution in [0.2, 0.25) is 0 Å². The summed E-state index contributed by atoms with van der Waals surface area (Å²) in [5, 5.41) is 6.60. The molecule has 1 heterocycles. The monoisotopic (exact) mass is 469 g/mol. The highest BCUT2D eigenvalue weighted by Gasteiger charge is 2.21. The van der Waals surface area contributed by atoms with Gasteiger partial charge in [-0.25, -0.2) is 0 Å². The van der Waals surface area contributed by atoms with Crippen molar-refractivity contribution < 1.29 is 17.2 Å². The molecule has 2 N–H and O–H groups in total. The van der Waals surface area contributed by atoms with E-state index in [9.17, 15) is 9.59 Å². The summed E-state index contributed by atoms with van der Waals surface area (Å²) in [6.07, 6.45) is 3.33. The summed E-state index contributed by atoms with van der Waals surface area (Å²) in [5.41, 5.74) is 2.68. The van der Waals surface area contributed by atoms with Gasteiger partial charge in [0.05, 0.1) is 13.2 Å². The zero-order chi connectivity index (χ0) is 24.3. The van der Waals surface area contributed by atoms with Crippen LogP contribution in [0.5, 0.6) is 5.75 Å². The Labute approximate surface area is 207 Å². The van der Waals surface area contributed by atoms with Gasteiger partial charge in [0.1, 0.15) is 5.75 Å². The number of rotatable bonds is 12. The third kappa shape index (κ3) is 7.96. The van der Waals surface area contributed by atoms with Crippen LogP contribution in [0.4, 0.5) is 0 Å². The molecule has 1 saturated heterocycles. The lowest BCUT2D eigenvalue weighted by Crippen LogP contribution is -2.47. The van der Waals surface area contributed by atoms with Gasteiger partial charge in [0.2, 0.25) is 5.91 Å². The number of nitrogens with zero attached hydrogens (tertiary/aromatic N) is 1. The highest BCUT2D eigenvalue weighted by atomic mass is 16.5. The van der Waals surface area contributed by atoms with Crippen LogP contribution < -0.4 is 15.4 Å². The predicted molar refractivity (Wildman–Crippen MR) is 142 cm³/mol. The quantitative estimate of drug-likeness (QED) is 0.346. The van der Waals surface area contributed by atoms with E-state index in [-0.39, 0.29) is 14.5 Å². The molecule has 1 amide bonds. The fourth-order valence-corrected chi connectivity index (χ4v) is 4.35. The molecule has 1 aliphatic rings. The molecular formula is C28H43N3O3. The summed E-state index contributed by atoms with van der Waals surface area (Å²) in [7, 11) is 0. The number of carbonyl (C=O) groups excluding carboxylic acids is 2. The van der Waals surface area contributed by atoms with Crippen molar-refractivity contribution in [1.82, 2.24) is 15.5 Å². The first-order valence-corrected chi connectivity index (χ1v) is 12.6. The van der Waals surface area contributed by atoms with E-state index >= 15 is 0 Å². The topological polar surface area (TPSA) is 70.7 Å². The Hall–Kier alpha value is -2.70. The molecule has 0 saturated carbocycles. The molecule has 0 aromatic heterocycles. The van der Waals surface area contributed by atoms with Gasteiger partial charge in [-0.2, -0.15) is 0 Å². The second-order valence-corrected chi connectivity index (χ2v) is 9.28. The van der Waals surface area contributed by atoms with Crippen LogP contribution in [0.15, 0.2) is 48.5 Å². The smallest absolute Gasteiger partial charge is 0.234 e. The number of carbonyl (C=O) groups is 2. The minimum absolute atomic E-state index is 0. The second-order valence-electron chi connectivity index (χ2n) is 9.28. The van der Waals surface area contributed by atoms with E-state index < -0.39 is 0 Å². The number of hydrogen-bond donors (Lipinski definition) is 2. The summed E-state index contributed by atoms with van der Waals surface area (Å²) in [6.45, 7) is 9.61. The summed E-state index contributed by atoms with van der Waals surface area (Å²) in [6, 6.07) is 16.7. The minimum Gasteiger partial charge on any atom is -0.493 e. The highest BCUT2D eigenvalue weighted by Crippen LogP contribution is 2.31. The molecule has 188 valence electrons. The van der Waals surface area contributed by atoms with Gasteiger partial charge in [-0.15, -0.1) is 0 Å². The van der Waals surface area contributed by atoms with E-state index in [0.717, 1.165) is 37.1 Å². The summed E-state index contributed by atoms with van der Waals surface area (Å²) < 4.78 is 6.08. The Balaban J connectivity index is 0.00000324. The molecule has 2 aromatic rings. The van der Waals surface area contributed by atoms with Gasteiger partial charge in [-0.05, 0) is 37.0 Å². The number of hydrogen-bond acceptors (Lipinski definition) is 5. The highest BCUT2D eigenvalue weighted by molar-refractivity contribution is 5.97. The normalized spacial score (nSPS) is 14.8.